The fourth-order valence-corrected chi connectivity index (χ4v) is 3.96. The van der Waals surface area contributed by atoms with Gasteiger partial charge in [0, 0.05) is 5.92 Å². The van der Waals surface area contributed by atoms with Crippen molar-refractivity contribution in [1.82, 2.24) is 0 Å². The van der Waals surface area contributed by atoms with Crippen LogP contribution in [0.4, 0.5) is 5.69 Å². The molecule has 2 N–H and O–H groups in total. The van der Waals surface area contributed by atoms with Crippen LogP contribution < -0.4 is 10.1 Å². The van der Waals surface area contributed by atoms with Crippen molar-refractivity contribution in [3.05, 3.63) is 65.7 Å². The van der Waals surface area contributed by atoms with E-state index in [-0.39, 0.29) is 12.1 Å². The zero-order chi connectivity index (χ0) is 16.7. The molecule has 24 heavy (non-hydrogen) atoms. The number of allylic oxidation sites excluding steroid dienone is 2. The molecule has 4 rings (SSSR count). The van der Waals surface area contributed by atoms with Crippen LogP contribution in [0.1, 0.15) is 43.4 Å². The molecule has 3 heteroatoms. The molecule has 1 aliphatic carbocycles. The van der Waals surface area contributed by atoms with Gasteiger partial charge in [-0.1, -0.05) is 36.4 Å². The van der Waals surface area contributed by atoms with Crippen LogP contribution in [0.2, 0.25) is 0 Å². The van der Waals surface area contributed by atoms with E-state index in [1.165, 1.54) is 11.1 Å². The number of para-hydroxylation sites is 1. The number of benzene rings is 2. The number of aromatic hydroxyl groups is 1. The highest BCUT2D eigenvalue weighted by molar-refractivity contribution is 5.67. The predicted octanol–water partition coefficient (Wildman–Crippen LogP) is 5.01. The summed E-state index contributed by atoms with van der Waals surface area (Å²) in [6.45, 7) is 4.11. The fourth-order valence-electron chi connectivity index (χ4n) is 3.96. The monoisotopic (exact) mass is 321 g/mol. The van der Waals surface area contributed by atoms with Crippen LogP contribution >= 0.6 is 0 Å². The lowest BCUT2D eigenvalue weighted by Gasteiger charge is -2.38. The normalized spacial score (nSPS) is 24.4. The van der Waals surface area contributed by atoms with E-state index in [2.05, 4.69) is 43.4 Å². The molecule has 124 valence electrons. The molecule has 0 bridgehead atoms. The number of anilines is 1. The Bertz CT molecular complexity index is 764. The Kier molecular flexibility index (Phi) is 3.72. The predicted molar refractivity (Wildman–Crippen MR) is 96.7 cm³/mol. The van der Waals surface area contributed by atoms with Crippen LogP contribution in [0.3, 0.4) is 0 Å². The second-order valence-electron chi connectivity index (χ2n) is 6.95. The van der Waals surface area contributed by atoms with Gasteiger partial charge in [0.25, 0.3) is 0 Å². The van der Waals surface area contributed by atoms with E-state index in [0.717, 1.165) is 17.9 Å². The maximum atomic E-state index is 9.59. The average molecular weight is 321 g/mol. The van der Waals surface area contributed by atoms with Gasteiger partial charge in [-0.25, -0.2) is 0 Å². The first-order valence-corrected chi connectivity index (χ1v) is 8.65. The summed E-state index contributed by atoms with van der Waals surface area (Å²) in [5.74, 6) is 2.14. The highest BCUT2D eigenvalue weighted by Crippen LogP contribution is 2.52. The van der Waals surface area contributed by atoms with Gasteiger partial charge in [0.2, 0.25) is 0 Å². The molecular formula is C21H23NO2. The third kappa shape index (κ3) is 2.54. The van der Waals surface area contributed by atoms with Crippen LogP contribution in [0.15, 0.2) is 54.6 Å². The van der Waals surface area contributed by atoms with Gasteiger partial charge in [-0.05, 0) is 55.5 Å². The zero-order valence-electron chi connectivity index (χ0n) is 14.1. The number of phenols is 1. The number of fused-ring (bicyclic) bond motifs is 3. The Hall–Kier alpha value is -2.42. The second kappa shape index (κ2) is 5.90. The molecule has 0 saturated heterocycles. The number of phenolic OH excluding ortho intramolecular Hbond substituents is 1. The van der Waals surface area contributed by atoms with Crippen LogP contribution in [0.25, 0.3) is 0 Å². The van der Waals surface area contributed by atoms with Gasteiger partial charge in [-0.2, -0.15) is 0 Å². The van der Waals surface area contributed by atoms with E-state index in [1.54, 1.807) is 12.1 Å². The standard InChI is InChI=1S/C21H23NO2/c1-13(2)24-19-8-4-7-18-16-5-3-6-17(16)20(22-21(18)19)14-9-11-15(23)12-10-14/h3-5,7-13,16-17,20,22-23H,6H2,1-2H3. The highest BCUT2D eigenvalue weighted by atomic mass is 16.5. The third-order valence-corrected chi connectivity index (χ3v) is 4.97. The van der Waals surface area contributed by atoms with Crippen molar-refractivity contribution >= 4 is 5.69 Å². The molecule has 1 heterocycles. The van der Waals surface area contributed by atoms with Crippen LogP contribution in [-0.4, -0.2) is 11.2 Å². The molecule has 0 saturated carbocycles. The Morgan fingerprint density at radius 3 is 2.67 bits per heavy atom. The minimum atomic E-state index is 0.141. The van der Waals surface area contributed by atoms with Gasteiger partial charge in [0.1, 0.15) is 11.5 Å². The van der Waals surface area contributed by atoms with Crippen molar-refractivity contribution in [2.75, 3.05) is 5.32 Å². The molecule has 0 aromatic heterocycles. The molecule has 0 fully saturated rings. The third-order valence-electron chi connectivity index (χ3n) is 4.97. The topological polar surface area (TPSA) is 41.5 Å². The van der Waals surface area contributed by atoms with Gasteiger partial charge in [0.05, 0.1) is 17.8 Å². The molecule has 0 amide bonds. The molecule has 3 unspecified atom stereocenters. The average Bonchev–Trinajstić information content (AvgIpc) is 3.05. The summed E-state index contributed by atoms with van der Waals surface area (Å²) in [7, 11) is 0. The summed E-state index contributed by atoms with van der Waals surface area (Å²) in [6.07, 6.45) is 5.83. The molecule has 2 aromatic carbocycles. The van der Waals surface area contributed by atoms with Crippen molar-refractivity contribution in [2.24, 2.45) is 5.92 Å². The number of ether oxygens (including phenoxy) is 1. The van der Waals surface area contributed by atoms with Crippen molar-refractivity contribution in [3.8, 4) is 11.5 Å². The Morgan fingerprint density at radius 1 is 1.12 bits per heavy atom. The number of hydrogen-bond acceptors (Lipinski definition) is 3. The Morgan fingerprint density at radius 2 is 1.92 bits per heavy atom. The first-order chi connectivity index (χ1) is 11.6. The summed E-state index contributed by atoms with van der Waals surface area (Å²) in [6, 6.07) is 14.1. The molecule has 0 radical (unpaired) electrons. The van der Waals surface area contributed by atoms with Gasteiger partial charge < -0.3 is 15.2 Å². The van der Waals surface area contributed by atoms with Crippen LogP contribution in [-0.2, 0) is 0 Å². The van der Waals surface area contributed by atoms with E-state index < -0.39 is 0 Å². The highest BCUT2D eigenvalue weighted by Gasteiger charge is 2.38. The van der Waals surface area contributed by atoms with E-state index >= 15 is 0 Å². The fraction of sp³-hybridized carbons (Fsp3) is 0.333. The van der Waals surface area contributed by atoms with Crippen molar-refractivity contribution in [2.45, 2.75) is 38.3 Å². The van der Waals surface area contributed by atoms with Gasteiger partial charge in [-0.15, -0.1) is 0 Å². The maximum absolute atomic E-state index is 9.59. The summed E-state index contributed by atoms with van der Waals surface area (Å²) < 4.78 is 6.04. The molecule has 3 nitrogen and oxygen atoms in total. The van der Waals surface area contributed by atoms with Crippen molar-refractivity contribution in [1.29, 1.82) is 0 Å². The lowest BCUT2D eigenvalue weighted by atomic mass is 9.77. The first-order valence-electron chi connectivity index (χ1n) is 8.65. The maximum Gasteiger partial charge on any atom is 0.143 e. The molecule has 1 aliphatic heterocycles. The molecule has 0 spiro atoms. The smallest absolute Gasteiger partial charge is 0.143 e. The second-order valence-corrected chi connectivity index (χ2v) is 6.95. The molecule has 2 aliphatic rings. The lowest BCUT2D eigenvalue weighted by Crippen LogP contribution is -2.29. The van der Waals surface area contributed by atoms with E-state index in [1.807, 2.05) is 18.2 Å². The summed E-state index contributed by atoms with van der Waals surface area (Å²) in [5, 5.41) is 13.3. The van der Waals surface area contributed by atoms with Crippen LogP contribution in [0.5, 0.6) is 11.5 Å². The number of nitrogens with one attached hydrogen (secondary N) is 1. The Balaban J connectivity index is 1.77. The van der Waals surface area contributed by atoms with Gasteiger partial charge in [-0.3, -0.25) is 0 Å². The molecule has 3 atom stereocenters. The zero-order valence-corrected chi connectivity index (χ0v) is 14.1. The summed E-state index contributed by atoms with van der Waals surface area (Å²) >= 11 is 0. The quantitative estimate of drug-likeness (QED) is 0.781. The van der Waals surface area contributed by atoms with E-state index in [4.69, 9.17) is 4.74 Å². The SMILES string of the molecule is CC(C)Oc1cccc2c1NC(c1ccc(O)cc1)C1CC=CC21. The van der Waals surface area contributed by atoms with E-state index in [9.17, 15) is 5.11 Å². The van der Waals surface area contributed by atoms with Crippen molar-refractivity contribution < 1.29 is 9.84 Å². The summed E-state index contributed by atoms with van der Waals surface area (Å²) in [4.78, 5) is 0. The Labute approximate surface area is 143 Å². The first kappa shape index (κ1) is 15.1. The van der Waals surface area contributed by atoms with Crippen molar-refractivity contribution in [3.63, 3.8) is 0 Å². The largest absolute Gasteiger partial charge is 0.508 e. The number of rotatable bonds is 3. The van der Waals surface area contributed by atoms with E-state index in [0.29, 0.717) is 17.6 Å². The van der Waals surface area contributed by atoms with Gasteiger partial charge in [0.15, 0.2) is 0 Å². The summed E-state index contributed by atoms with van der Waals surface area (Å²) in [5.41, 5.74) is 3.63. The minimum absolute atomic E-state index is 0.141. The minimum Gasteiger partial charge on any atom is -0.508 e. The lowest BCUT2D eigenvalue weighted by molar-refractivity contribution is 0.242. The molecule has 2 aromatic rings. The molecular weight excluding hydrogens is 298 g/mol. The van der Waals surface area contributed by atoms with Gasteiger partial charge >= 0.3 is 0 Å². The number of hydrogen-bond donors (Lipinski definition) is 2. The van der Waals surface area contributed by atoms with Crippen LogP contribution in [0, 0.1) is 5.92 Å².